The minimum atomic E-state index is -1.38. The molecule has 1 heterocycles. The second-order valence-electron chi connectivity index (χ2n) is 6.44. The SMILES string of the molecule is O=C(O)CNC(=O)c1c(O)c(-c2ccc(O)cc2)nn(Cc2cc(F)cc(F)c2)c1=O. The van der Waals surface area contributed by atoms with Crippen molar-refractivity contribution >= 4 is 11.9 Å². The number of halogens is 2. The molecule has 4 N–H and O–H groups in total. The van der Waals surface area contributed by atoms with Crippen LogP contribution in [0, 0.1) is 11.6 Å². The smallest absolute Gasteiger partial charge is 0.322 e. The van der Waals surface area contributed by atoms with Crippen molar-refractivity contribution in [1.82, 2.24) is 15.1 Å². The lowest BCUT2D eigenvalue weighted by molar-refractivity contribution is -0.135. The third-order valence-electron chi connectivity index (χ3n) is 4.15. The number of aromatic nitrogens is 2. The van der Waals surface area contributed by atoms with Gasteiger partial charge in [0.05, 0.1) is 6.54 Å². The molecule has 0 saturated carbocycles. The summed E-state index contributed by atoms with van der Waals surface area (Å²) in [5, 5.41) is 34.7. The Kier molecular flexibility index (Phi) is 5.95. The summed E-state index contributed by atoms with van der Waals surface area (Å²) in [6.07, 6.45) is 0. The van der Waals surface area contributed by atoms with Crippen LogP contribution in [0.15, 0.2) is 47.3 Å². The minimum absolute atomic E-state index is 0.0198. The predicted octanol–water partition coefficient (Wildman–Crippen LogP) is 1.46. The van der Waals surface area contributed by atoms with Gasteiger partial charge in [-0.1, -0.05) is 0 Å². The number of phenols is 1. The van der Waals surface area contributed by atoms with Gasteiger partial charge in [0, 0.05) is 11.6 Å². The van der Waals surface area contributed by atoms with Crippen LogP contribution in [0.3, 0.4) is 0 Å². The van der Waals surface area contributed by atoms with Crippen molar-refractivity contribution < 1.29 is 33.7 Å². The van der Waals surface area contributed by atoms with E-state index in [1.54, 1.807) is 0 Å². The first-order valence-corrected chi connectivity index (χ1v) is 8.74. The second kappa shape index (κ2) is 8.61. The number of rotatable bonds is 6. The maximum Gasteiger partial charge on any atom is 0.322 e. The molecule has 9 nitrogen and oxygen atoms in total. The van der Waals surface area contributed by atoms with Gasteiger partial charge < -0.3 is 20.6 Å². The van der Waals surface area contributed by atoms with Gasteiger partial charge in [0.2, 0.25) is 0 Å². The number of benzene rings is 2. The number of hydrogen-bond donors (Lipinski definition) is 4. The van der Waals surface area contributed by atoms with Crippen LogP contribution in [0.5, 0.6) is 11.5 Å². The van der Waals surface area contributed by atoms with Gasteiger partial charge in [0.15, 0.2) is 11.3 Å². The lowest BCUT2D eigenvalue weighted by Gasteiger charge is -2.13. The van der Waals surface area contributed by atoms with Crippen LogP contribution in [0.25, 0.3) is 11.3 Å². The van der Waals surface area contributed by atoms with Gasteiger partial charge in [0.1, 0.15) is 29.6 Å². The van der Waals surface area contributed by atoms with Crippen LogP contribution in [-0.4, -0.2) is 43.5 Å². The summed E-state index contributed by atoms with van der Waals surface area (Å²) in [5.41, 5.74) is -1.91. The average molecular weight is 431 g/mol. The highest BCUT2D eigenvalue weighted by molar-refractivity contribution is 5.99. The summed E-state index contributed by atoms with van der Waals surface area (Å²) in [5.74, 6) is -5.24. The topological polar surface area (TPSA) is 142 Å². The van der Waals surface area contributed by atoms with Crippen molar-refractivity contribution in [2.75, 3.05) is 6.54 Å². The van der Waals surface area contributed by atoms with Crippen molar-refractivity contribution in [3.8, 4) is 22.8 Å². The quantitative estimate of drug-likeness (QED) is 0.463. The number of aliphatic carboxylic acids is 1. The van der Waals surface area contributed by atoms with E-state index in [4.69, 9.17) is 5.11 Å². The average Bonchev–Trinajstić information content (AvgIpc) is 2.68. The Morgan fingerprint density at radius 2 is 1.65 bits per heavy atom. The first kappa shape index (κ1) is 21.4. The molecule has 0 saturated heterocycles. The summed E-state index contributed by atoms with van der Waals surface area (Å²) >= 11 is 0. The zero-order chi connectivity index (χ0) is 22.7. The number of carbonyl (C=O) groups is 2. The molecule has 11 heteroatoms. The van der Waals surface area contributed by atoms with Crippen LogP contribution in [0.2, 0.25) is 0 Å². The van der Waals surface area contributed by atoms with E-state index in [9.17, 15) is 33.4 Å². The maximum absolute atomic E-state index is 13.5. The fourth-order valence-electron chi connectivity index (χ4n) is 2.81. The van der Waals surface area contributed by atoms with E-state index >= 15 is 0 Å². The van der Waals surface area contributed by atoms with Gasteiger partial charge in [-0.25, -0.2) is 13.5 Å². The number of amides is 1. The van der Waals surface area contributed by atoms with Gasteiger partial charge >= 0.3 is 5.97 Å². The summed E-state index contributed by atoms with van der Waals surface area (Å²) in [6, 6.07) is 7.84. The molecule has 0 fully saturated rings. The Labute approximate surface area is 172 Å². The molecule has 1 amide bonds. The largest absolute Gasteiger partial charge is 0.508 e. The highest BCUT2D eigenvalue weighted by Gasteiger charge is 2.24. The van der Waals surface area contributed by atoms with E-state index in [-0.39, 0.29) is 22.6 Å². The number of carboxylic acids is 1. The monoisotopic (exact) mass is 431 g/mol. The Balaban J connectivity index is 2.17. The molecule has 0 aliphatic heterocycles. The van der Waals surface area contributed by atoms with Crippen molar-refractivity contribution in [2.24, 2.45) is 0 Å². The van der Waals surface area contributed by atoms with Crippen LogP contribution < -0.4 is 10.9 Å². The first-order chi connectivity index (χ1) is 14.7. The van der Waals surface area contributed by atoms with Gasteiger partial charge in [-0.2, -0.15) is 5.10 Å². The summed E-state index contributed by atoms with van der Waals surface area (Å²) in [4.78, 5) is 35.9. The van der Waals surface area contributed by atoms with E-state index < -0.39 is 53.5 Å². The highest BCUT2D eigenvalue weighted by atomic mass is 19.1. The molecule has 0 atom stereocenters. The third kappa shape index (κ3) is 4.83. The predicted molar refractivity (Wildman–Crippen MR) is 103 cm³/mol. The maximum atomic E-state index is 13.5. The fourth-order valence-corrected chi connectivity index (χ4v) is 2.81. The minimum Gasteiger partial charge on any atom is -0.508 e. The Morgan fingerprint density at radius 3 is 2.23 bits per heavy atom. The Bertz CT molecular complexity index is 1200. The molecule has 0 bridgehead atoms. The normalized spacial score (nSPS) is 10.6. The molecule has 3 aromatic rings. The number of nitrogens with one attached hydrogen (secondary N) is 1. The number of carbonyl (C=O) groups excluding carboxylic acids is 1. The van der Waals surface area contributed by atoms with Crippen molar-refractivity contribution in [3.05, 3.63) is 75.6 Å². The molecule has 1 aromatic heterocycles. The number of phenolic OH excluding ortho intramolecular Hbond substituents is 1. The van der Waals surface area contributed by atoms with E-state index in [0.29, 0.717) is 10.7 Å². The first-order valence-electron chi connectivity index (χ1n) is 8.74. The molecule has 2 aromatic carbocycles. The third-order valence-corrected chi connectivity index (χ3v) is 4.15. The zero-order valence-corrected chi connectivity index (χ0v) is 15.7. The lowest BCUT2D eigenvalue weighted by atomic mass is 10.1. The number of hydrogen-bond acceptors (Lipinski definition) is 6. The molecule has 0 aliphatic rings. The summed E-state index contributed by atoms with van der Waals surface area (Å²) in [6.45, 7) is -1.26. The summed E-state index contributed by atoms with van der Waals surface area (Å²) < 4.78 is 27.8. The molecule has 3 rings (SSSR count). The number of carboxylic acid groups (broad SMARTS) is 1. The molecule has 0 aliphatic carbocycles. The number of aromatic hydroxyl groups is 2. The zero-order valence-electron chi connectivity index (χ0n) is 15.7. The van der Waals surface area contributed by atoms with Gasteiger partial charge in [0.25, 0.3) is 11.5 Å². The standard InChI is InChI=1S/C20H15F2N3O6/c21-12-5-10(6-13(22)7-12)9-25-20(31)16(19(30)23-8-15(27)28)18(29)17(24-25)11-1-3-14(26)4-2-11/h1-7,26,29H,8-9H2,(H,23,30)(H,27,28). The molecule has 0 unspecified atom stereocenters. The van der Waals surface area contributed by atoms with Crippen LogP contribution in [-0.2, 0) is 11.3 Å². The van der Waals surface area contributed by atoms with Crippen molar-refractivity contribution in [1.29, 1.82) is 0 Å². The number of nitrogens with zero attached hydrogens (tertiary/aromatic N) is 2. The summed E-state index contributed by atoms with van der Waals surface area (Å²) in [7, 11) is 0. The van der Waals surface area contributed by atoms with Crippen molar-refractivity contribution in [2.45, 2.75) is 6.54 Å². The van der Waals surface area contributed by atoms with E-state index in [0.717, 1.165) is 12.1 Å². The van der Waals surface area contributed by atoms with Gasteiger partial charge in [-0.15, -0.1) is 0 Å². The molecular weight excluding hydrogens is 416 g/mol. The Morgan fingerprint density at radius 1 is 1.03 bits per heavy atom. The van der Waals surface area contributed by atoms with Crippen molar-refractivity contribution in [3.63, 3.8) is 0 Å². The molecule has 31 heavy (non-hydrogen) atoms. The van der Waals surface area contributed by atoms with Gasteiger partial charge in [-0.05, 0) is 42.0 Å². The Hall–Kier alpha value is -4.28. The molecule has 0 radical (unpaired) electrons. The molecular formula is C20H15F2N3O6. The van der Waals surface area contributed by atoms with Crippen LogP contribution in [0.1, 0.15) is 15.9 Å². The second-order valence-corrected chi connectivity index (χ2v) is 6.44. The molecule has 0 spiro atoms. The van der Waals surface area contributed by atoms with Gasteiger partial charge in [-0.3, -0.25) is 14.4 Å². The fraction of sp³-hybridized carbons (Fsp3) is 0.100. The van der Waals surface area contributed by atoms with E-state index in [1.807, 2.05) is 5.32 Å². The lowest BCUT2D eigenvalue weighted by Crippen LogP contribution is -2.37. The van der Waals surface area contributed by atoms with E-state index in [1.165, 1.54) is 24.3 Å². The van der Waals surface area contributed by atoms with Crippen LogP contribution in [0.4, 0.5) is 8.78 Å². The van der Waals surface area contributed by atoms with Crippen LogP contribution >= 0.6 is 0 Å². The van der Waals surface area contributed by atoms with E-state index in [2.05, 4.69) is 5.10 Å². The highest BCUT2D eigenvalue weighted by Crippen LogP contribution is 2.29. The molecule has 160 valence electrons.